The average Bonchev–Trinajstić information content (AvgIpc) is 3.17. The first-order valence-electron chi connectivity index (χ1n) is 9.28. The van der Waals surface area contributed by atoms with Crippen LogP contribution >= 0.6 is 11.3 Å². The minimum absolute atomic E-state index is 0.0310. The molecule has 27 heavy (non-hydrogen) atoms. The number of likely N-dealkylation sites (tertiary alicyclic amines) is 1. The van der Waals surface area contributed by atoms with Crippen molar-refractivity contribution in [2.24, 2.45) is 0 Å². The normalized spacial score (nSPS) is 15.5. The third-order valence-corrected chi connectivity index (χ3v) is 6.46. The van der Waals surface area contributed by atoms with Crippen molar-refractivity contribution in [1.82, 2.24) is 14.9 Å². The molecule has 0 spiro atoms. The van der Waals surface area contributed by atoms with E-state index in [1.54, 1.807) is 11.3 Å². The Hall–Kier alpha value is -2.79. The molecule has 1 fully saturated rings. The van der Waals surface area contributed by atoms with Crippen LogP contribution in [0.15, 0.2) is 60.7 Å². The van der Waals surface area contributed by atoms with Crippen LogP contribution in [-0.2, 0) is 0 Å². The second-order valence-corrected chi connectivity index (χ2v) is 8.04. The summed E-state index contributed by atoms with van der Waals surface area (Å²) in [5, 5.41) is 2.26. The van der Waals surface area contributed by atoms with Crippen molar-refractivity contribution in [2.45, 2.75) is 18.8 Å². The van der Waals surface area contributed by atoms with Gasteiger partial charge in [-0.15, -0.1) is 11.3 Å². The highest BCUT2D eigenvalue weighted by atomic mass is 32.1. The number of pyridine rings is 1. The molecule has 1 aliphatic heterocycles. The van der Waals surface area contributed by atoms with Crippen LogP contribution in [0.2, 0.25) is 0 Å². The zero-order chi connectivity index (χ0) is 18.2. The highest BCUT2D eigenvalue weighted by Crippen LogP contribution is 2.34. The Labute approximate surface area is 161 Å². The fraction of sp³-hybridized carbons (Fsp3) is 0.227. The lowest BCUT2D eigenvalue weighted by Crippen LogP contribution is -2.38. The smallest absolute Gasteiger partial charge is 0.272 e. The van der Waals surface area contributed by atoms with Gasteiger partial charge in [0.25, 0.3) is 5.91 Å². The Kier molecular flexibility index (Phi) is 4.09. The van der Waals surface area contributed by atoms with E-state index in [-0.39, 0.29) is 5.91 Å². The summed E-state index contributed by atoms with van der Waals surface area (Å²) in [6, 6.07) is 20.0. The number of amides is 1. The van der Waals surface area contributed by atoms with Gasteiger partial charge in [-0.3, -0.25) is 4.79 Å². The minimum Gasteiger partial charge on any atom is -0.337 e. The molecule has 1 amide bonds. The zero-order valence-electron chi connectivity index (χ0n) is 14.8. The summed E-state index contributed by atoms with van der Waals surface area (Å²) >= 11 is 1.78. The first-order valence-corrected chi connectivity index (χ1v) is 10.1. The molecule has 4 nitrogen and oxygen atoms in total. The summed E-state index contributed by atoms with van der Waals surface area (Å²) in [5.41, 5.74) is 2.48. The van der Waals surface area contributed by atoms with Gasteiger partial charge >= 0.3 is 0 Å². The molecule has 5 rings (SSSR count). The van der Waals surface area contributed by atoms with Gasteiger partial charge in [0.2, 0.25) is 0 Å². The molecule has 1 saturated heterocycles. The van der Waals surface area contributed by atoms with Crippen LogP contribution in [0.3, 0.4) is 0 Å². The van der Waals surface area contributed by atoms with Crippen molar-refractivity contribution in [3.8, 4) is 0 Å². The minimum atomic E-state index is 0.0310. The van der Waals surface area contributed by atoms with Gasteiger partial charge in [-0.25, -0.2) is 9.97 Å². The fourth-order valence-electron chi connectivity index (χ4n) is 3.74. The van der Waals surface area contributed by atoms with Gasteiger partial charge in [-0.2, -0.15) is 0 Å². The lowest BCUT2D eigenvalue weighted by atomic mass is 9.97. The molecule has 5 heteroatoms. The van der Waals surface area contributed by atoms with E-state index in [1.807, 2.05) is 47.4 Å². The van der Waals surface area contributed by atoms with Gasteiger partial charge in [0.15, 0.2) is 0 Å². The van der Waals surface area contributed by atoms with Gasteiger partial charge in [-0.1, -0.05) is 36.4 Å². The molecule has 0 unspecified atom stereocenters. The zero-order valence-corrected chi connectivity index (χ0v) is 15.7. The number of nitrogens with zero attached hydrogens (tertiary/aromatic N) is 3. The number of hydrogen-bond donors (Lipinski definition) is 0. The fourth-order valence-corrected chi connectivity index (χ4v) is 4.88. The van der Waals surface area contributed by atoms with Crippen LogP contribution in [0.25, 0.3) is 21.1 Å². The van der Waals surface area contributed by atoms with Crippen LogP contribution in [-0.4, -0.2) is 33.9 Å². The third-order valence-electron chi connectivity index (χ3n) is 5.26. The molecule has 0 N–H and O–H groups in total. The molecule has 134 valence electrons. The largest absolute Gasteiger partial charge is 0.337 e. The van der Waals surface area contributed by atoms with E-state index in [4.69, 9.17) is 4.98 Å². The molecule has 0 bridgehead atoms. The third kappa shape index (κ3) is 3.08. The maximum atomic E-state index is 12.9. The molecule has 4 aromatic rings. The monoisotopic (exact) mass is 373 g/mol. The molecular weight excluding hydrogens is 354 g/mol. The Morgan fingerprint density at radius 3 is 2.44 bits per heavy atom. The number of rotatable bonds is 2. The average molecular weight is 373 g/mol. The lowest BCUT2D eigenvalue weighted by Gasteiger charge is -2.30. The summed E-state index contributed by atoms with van der Waals surface area (Å²) in [7, 11) is 0. The predicted octanol–water partition coefficient (Wildman–Crippen LogP) is 4.86. The molecule has 2 aromatic carbocycles. The number of carbonyl (C=O) groups excluding carboxylic acids is 1. The van der Waals surface area contributed by atoms with E-state index in [9.17, 15) is 4.79 Å². The van der Waals surface area contributed by atoms with Crippen LogP contribution in [0.5, 0.6) is 0 Å². The molecular formula is C22H19N3OS. The topological polar surface area (TPSA) is 46.1 Å². The van der Waals surface area contributed by atoms with Crippen LogP contribution in [0.4, 0.5) is 0 Å². The number of para-hydroxylation sites is 2. The van der Waals surface area contributed by atoms with Crippen molar-refractivity contribution < 1.29 is 4.79 Å². The first kappa shape index (κ1) is 16.4. The van der Waals surface area contributed by atoms with E-state index in [1.165, 1.54) is 9.71 Å². The lowest BCUT2D eigenvalue weighted by molar-refractivity contribution is 0.0707. The summed E-state index contributed by atoms with van der Waals surface area (Å²) < 4.78 is 1.24. The molecule has 3 heterocycles. The highest BCUT2D eigenvalue weighted by Gasteiger charge is 2.27. The highest BCUT2D eigenvalue weighted by molar-refractivity contribution is 7.18. The Bertz CT molecular complexity index is 1100. The second-order valence-electron chi connectivity index (χ2n) is 6.98. The SMILES string of the molecule is O=C(c1ccc2ccccc2n1)N1CCC(c2nc3ccccc3s2)CC1. The second kappa shape index (κ2) is 6.74. The van der Waals surface area contributed by atoms with E-state index in [0.717, 1.165) is 42.4 Å². The van der Waals surface area contributed by atoms with E-state index in [0.29, 0.717) is 11.6 Å². The van der Waals surface area contributed by atoms with Crippen molar-refractivity contribution in [3.63, 3.8) is 0 Å². The van der Waals surface area contributed by atoms with Gasteiger partial charge in [0.05, 0.1) is 20.7 Å². The van der Waals surface area contributed by atoms with E-state index < -0.39 is 0 Å². The molecule has 0 aliphatic carbocycles. The van der Waals surface area contributed by atoms with Gasteiger partial charge in [0, 0.05) is 24.4 Å². The van der Waals surface area contributed by atoms with Crippen LogP contribution < -0.4 is 0 Å². The van der Waals surface area contributed by atoms with Gasteiger partial charge in [-0.05, 0) is 37.1 Å². The molecule has 0 radical (unpaired) electrons. The number of fused-ring (bicyclic) bond motifs is 2. The predicted molar refractivity (Wildman–Crippen MR) is 109 cm³/mol. The molecule has 0 atom stereocenters. The van der Waals surface area contributed by atoms with E-state index >= 15 is 0 Å². The summed E-state index contributed by atoms with van der Waals surface area (Å²) in [6.07, 6.45) is 1.91. The van der Waals surface area contributed by atoms with Crippen molar-refractivity contribution in [1.29, 1.82) is 0 Å². The number of thiazole rings is 1. The maximum Gasteiger partial charge on any atom is 0.272 e. The number of carbonyl (C=O) groups is 1. The molecule has 2 aromatic heterocycles. The van der Waals surface area contributed by atoms with Gasteiger partial charge < -0.3 is 4.90 Å². The van der Waals surface area contributed by atoms with Crippen LogP contribution in [0.1, 0.15) is 34.3 Å². The van der Waals surface area contributed by atoms with Crippen molar-refractivity contribution in [2.75, 3.05) is 13.1 Å². The quantitative estimate of drug-likeness (QED) is 0.504. The first-order chi connectivity index (χ1) is 13.3. The number of benzene rings is 2. The molecule has 1 aliphatic rings. The number of hydrogen-bond acceptors (Lipinski definition) is 4. The van der Waals surface area contributed by atoms with Crippen LogP contribution in [0, 0.1) is 0 Å². The van der Waals surface area contributed by atoms with Gasteiger partial charge in [0.1, 0.15) is 5.69 Å². The summed E-state index contributed by atoms with van der Waals surface area (Å²) in [5.74, 6) is 0.472. The molecule has 0 saturated carbocycles. The maximum absolute atomic E-state index is 12.9. The Morgan fingerprint density at radius 2 is 1.63 bits per heavy atom. The summed E-state index contributed by atoms with van der Waals surface area (Å²) in [4.78, 5) is 24.2. The number of aromatic nitrogens is 2. The standard InChI is InChI=1S/C22H19N3OS/c26-22(19-10-9-15-5-1-2-6-17(15)23-19)25-13-11-16(12-14-25)21-24-18-7-3-4-8-20(18)27-21/h1-10,16H,11-14H2. The summed E-state index contributed by atoms with van der Waals surface area (Å²) in [6.45, 7) is 1.52. The van der Waals surface area contributed by atoms with E-state index in [2.05, 4.69) is 23.2 Å². The Morgan fingerprint density at radius 1 is 0.889 bits per heavy atom. The van der Waals surface area contributed by atoms with Crippen molar-refractivity contribution in [3.05, 3.63) is 71.4 Å². The number of piperidine rings is 1. The Balaban J connectivity index is 1.31. The van der Waals surface area contributed by atoms with Crippen molar-refractivity contribution >= 4 is 38.4 Å².